The summed E-state index contributed by atoms with van der Waals surface area (Å²) in [6.45, 7) is 1.30. The van der Waals surface area contributed by atoms with Crippen LogP contribution in [0.5, 0.6) is 0 Å². The highest BCUT2D eigenvalue weighted by atomic mass is 79.9. The summed E-state index contributed by atoms with van der Waals surface area (Å²) in [4.78, 5) is 0. The van der Waals surface area contributed by atoms with Gasteiger partial charge in [0.1, 0.15) is 5.82 Å². The quantitative estimate of drug-likeness (QED) is 0.869. The molecule has 2 aromatic rings. The van der Waals surface area contributed by atoms with Crippen LogP contribution in [-0.4, -0.2) is 0 Å². The molecule has 2 rings (SSSR count). The molecule has 0 bridgehead atoms. The Morgan fingerprint density at radius 1 is 1.11 bits per heavy atom. The highest BCUT2D eigenvalue weighted by molar-refractivity contribution is 9.10. The molecule has 18 heavy (non-hydrogen) atoms. The van der Waals surface area contributed by atoms with Gasteiger partial charge in [0, 0.05) is 18.1 Å². The second-order valence-corrected chi connectivity index (χ2v) is 5.18. The first-order valence-corrected chi connectivity index (χ1v) is 6.72. The van der Waals surface area contributed by atoms with Gasteiger partial charge in [0.25, 0.3) is 0 Å². The molecule has 0 saturated heterocycles. The molecule has 1 nitrogen and oxygen atoms in total. The zero-order chi connectivity index (χ0) is 13.0. The van der Waals surface area contributed by atoms with Crippen LogP contribution in [0.25, 0.3) is 0 Å². The maximum atomic E-state index is 13.3. The van der Waals surface area contributed by atoms with Crippen LogP contribution in [0.2, 0.25) is 5.02 Å². The fraction of sp³-hybridized carbons (Fsp3) is 0.143. The summed E-state index contributed by atoms with van der Waals surface area (Å²) in [5.74, 6) is -0.239. The third-order valence-corrected chi connectivity index (χ3v) is 3.69. The number of hydrogen-bond donors (Lipinski definition) is 1. The van der Waals surface area contributed by atoms with Crippen molar-refractivity contribution in [1.29, 1.82) is 0 Å². The van der Waals surface area contributed by atoms with Gasteiger partial charge in [0.05, 0.1) is 4.47 Å². The van der Waals surface area contributed by atoms with Crippen molar-refractivity contribution in [2.24, 2.45) is 0 Å². The number of nitrogens with one attached hydrogen (secondary N) is 1. The van der Waals surface area contributed by atoms with E-state index in [2.05, 4.69) is 21.2 Å². The molecular formula is C14H12BrClFN. The van der Waals surface area contributed by atoms with Crippen LogP contribution in [0.15, 0.2) is 46.9 Å². The minimum absolute atomic E-state index is 0.239. The van der Waals surface area contributed by atoms with Crippen molar-refractivity contribution in [2.45, 2.75) is 13.1 Å². The highest BCUT2D eigenvalue weighted by Crippen LogP contribution is 2.20. The molecule has 2 aromatic carbocycles. The molecule has 94 valence electrons. The van der Waals surface area contributed by atoms with Crippen LogP contribution in [0.1, 0.15) is 11.1 Å². The molecule has 1 N–H and O–H groups in total. The van der Waals surface area contributed by atoms with Crippen molar-refractivity contribution in [3.8, 4) is 0 Å². The number of rotatable bonds is 4. The second-order valence-electron chi connectivity index (χ2n) is 3.95. The molecule has 0 amide bonds. The zero-order valence-corrected chi connectivity index (χ0v) is 11.9. The summed E-state index contributed by atoms with van der Waals surface area (Å²) in [7, 11) is 0. The summed E-state index contributed by atoms with van der Waals surface area (Å²) in [6.07, 6.45) is 0. The fourth-order valence-electron chi connectivity index (χ4n) is 1.67. The van der Waals surface area contributed by atoms with Crippen LogP contribution < -0.4 is 5.32 Å². The maximum Gasteiger partial charge on any atom is 0.137 e. The van der Waals surface area contributed by atoms with Gasteiger partial charge in [-0.2, -0.15) is 0 Å². The van der Waals surface area contributed by atoms with Gasteiger partial charge >= 0.3 is 0 Å². The van der Waals surface area contributed by atoms with Crippen LogP contribution in [0, 0.1) is 5.82 Å². The van der Waals surface area contributed by atoms with Gasteiger partial charge in [0.15, 0.2) is 0 Å². The van der Waals surface area contributed by atoms with Crippen molar-refractivity contribution in [3.63, 3.8) is 0 Å². The summed E-state index contributed by atoms with van der Waals surface area (Å²) in [5.41, 5.74) is 2.01. The molecule has 0 spiro atoms. The van der Waals surface area contributed by atoms with Crippen LogP contribution in [0.3, 0.4) is 0 Å². The standard InChI is InChI=1S/C14H12BrClFN/c15-14-11(4-2-6-13(14)17)9-18-8-10-3-1-5-12(16)7-10/h1-7,18H,8-9H2. The van der Waals surface area contributed by atoms with E-state index < -0.39 is 0 Å². The Bertz CT molecular complexity index is 545. The van der Waals surface area contributed by atoms with Gasteiger partial charge in [-0.25, -0.2) is 4.39 Å². The first-order chi connectivity index (χ1) is 8.66. The van der Waals surface area contributed by atoms with Gasteiger partial charge in [-0.3, -0.25) is 0 Å². The topological polar surface area (TPSA) is 12.0 Å². The van der Waals surface area contributed by atoms with E-state index in [-0.39, 0.29) is 5.82 Å². The lowest BCUT2D eigenvalue weighted by Gasteiger charge is -2.07. The minimum atomic E-state index is -0.239. The fourth-order valence-corrected chi connectivity index (χ4v) is 2.29. The second kappa shape index (κ2) is 6.32. The minimum Gasteiger partial charge on any atom is -0.309 e. The highest BCUT2D eigenvalue weighted by Gasteiger charge is 2.04. The first-order valence-electron chi connectivity index (χ1n) is 5.55. The molecule has 0 atom stereocenters. The SMILES string of the molecule is Fc1cccc(CNCc2cccc(Cl)c2)c1Br. The number of hydrogen-bond acceptors (Lipinski definition) is 1. The van der Waals surface area contributed by atoms with E-state index in [4.69, 9.17) is 11.6 Å². The molecule has 0 aliphatic carbocycles. The Morgan fingerprint density at radius 2 is 1.89 bits per heavy atom. The lowest BCUT2D eigenvalue weighted by Crippen LogP contribution is -2.13. The lowest BCUT2D eigenvalue weighted by atomic mass is 10.2. The Hall–Kier alpha value is -0.900. The Kier molecular flexibility index (Phi) is 4.75. The van der Waals surface area contributed by atoms with E-state index in [1.807, 2.05) is 30.3 Å². The summed E-state index contributed by atoms with van der Waals surface area (Å²) in [5, 5.41) is 3.98. The van der Waals surface area contributed by atoms with Gasteiger partial charge in [-0.15, -0.1) is 0 Å². The van der Waals surface area contributed by atoms with E-state index in [1.165, 1.54) is 6.07 Å². The van der Waals surface area contributed by atoms with Crippen molar-refractivity contribution in [1.82, 2.24) is 5.32 Å². The van der Waals surface area contributed by atoms with E-state index in [1.54, 1.807) is 6.07 Å². The molecule has 0 unspecified atom stereocenters. The third-order valence-electron chi connectivity index (χ3n) is 2.57. The van der Waals surface area contributed by atoms with Crippen molar-refractivity contribution in [2.75, 3.05) is 0 Å². The average molecular weight is 329 g/mol. The number of halogens is 3. The Labute approximate surface area is 119 Å². The molecule has 0 radical (unpaired) electrons. The van der Waals surface area contributed by atoms with Crippen molar-refractivity contribution >= 4 is 27.5 Å². The van der Waals surface area contributed by atoms with Crippen LogP contribution in [-0.2, 0) is 13.1 Å². The molecular weight excluding hydrogens is 317 g/mol. The smallest absolute Gasteiger partial charge is 0.137 e. The average Bonchev–Trinajstić information content (AvgIpc) is 2.35. The molecule has 0 aliphatic rings. The van der Waals surface area contributed by atoms with Gasteiger partial charge < -0.3 is 5.32 Å². The summed E-state index contributed by atoms with van der Waals surface area (Å²) in [6, 6.07) is 12.7. The summed E-state index contributed by atoms with van der Waals surface area (Å²) < 4.78 is 13.8. The normalized spacial score (nSPS) is 10.6. The molecule has 0 aliphatic heterocycles. The van der Waals surface area contributed by atoms with Gasteiger partial charge in [-0.1, -0.05) is 35.9 Å². The van der Waals surface area contributed by atoms with Crippen LogP contribution in [0.4, 0.5) is 4.39 Å². The largest absolute Gasteiger partial charge is 0.309 e. The molecule has 0 aromatic heterocycles. The predicted octanol–water partition coefficient (Wildman–Crippen LogP) is 4.53. The zero-order valence-electron chi connectivity index (χ0n) is 9.59. The monoisotopic (exact) mass is 327 g/mol. The Balaban J connectivity index is 1.94. The molecule has 4 heteroatoms. The van der Waals surface area contributed by atoms with Gasteiger partial charge in [0.2, 0.25) is 0 Å². The van der Waals surface area contributed by atoms with Gasteiger partial charge in [-0.05, 0) is 45.3 Å². The van der Waals surface area contributed by atoms with Crippen molar-refractivity contribution in [3.05, 3.63) is 68.9 Å². The van der Waals surface area contributed by atoms with E-state index >= 15 is 0 Å². The Morgan fingerprint density at radius 3 is 2.67 bits per heavy atom. The van der Waals surface area contributed by atoms with Crippen molar-refractivity contribution < 1.29 is 4.39 Å². The van der Waals surface area contributed by atoms with Crippen LogP contribution >= 0.6 is 27.5 Å². The first kappa shape index (κ1) is 13.5. The molecule has 0 saturated carbocycles. The lowest BCUT2D eigenvalue weighted by molar-refractivity contribution is 0.612. The summed E-state index contributed by atoms with van der Waals surface area (Å²) >= 11 is 9.14. The van der Waals surface area contributed by atoms with E-state index in [0.29, 0.717) is 17.6 Å². The van der Waals surface area contributed by atoms with E-state index in [9.17, 15) is 4.39 Å². The number of benzene rings is 2. The third kappa shape index (κ3) is 3.55. The maximum absolute atomic E-state index is 13.3. The molecule has 0 fully saturated rings. The molecule has 0 heterocycles. The predicted molar refractivity (Wildman–Crippen MR) is 76.1 cm³/mol. The van der Waals surface area contributed by atoms with E-state index in [0.717, 1.165) is 16.1 Å².